The van der Waals surface area contributed by atoms with Crippen LogP contribution in [0.25, 0.3) is 0 Å². The van der Waals surface area contributed by atoms with Gasteiger partial charge >= 0.3 is 25.7 Å². The second-order valence-corrected chi connectivity index (χ2v) is 20.6. The number of phosphoric acid groups is 1. The largest absolute Gasteiger partial charge is 0.472 e. The topological polar surface area (TPSA) is 155 Å². The standard InChI is InChI=1S/C58H105O11P/c1-4-7-10-13-16-19-22-24-25-26-27-28-29-31-33-35-38-41-44-47-56(60)65-51-55(69-58(62)49-46-43-40-37-34-30-23-20-17-14-11-8-5-2)53-67-70(63,64)66-52-54(50-59)68-57(61)48-45-42-39-36-32-21-18-15-12-9-6-3/h16,19-20,23-25,27-28,54-55,59H,4-15,17-18,21-22,26,29-53H2,1-3H3,(H,63,64)/b19-16-,23-20-,25-24-,28-27-. The molecule has 0 aromatic heterocycles. The Hall–Kier alpha value is -2.56. The predicted octanol–water partition coefficient (Wildman–Crippen LogP) is 16.6. The minimum Gasteiger partial charge on any atom is -0.462 e. The molecule has 3 unspecified atom stereocenters. The fourth-order valence-corrected chi connectivity index (χ4v) is 8.61. The van der Waals surface area contributed by atoms with Crippen LogP contribution in [0, 0.1) is 0 Å². The Kier molecular flexibility index (Phi) is 50.8. The lowest BCUT2D eigenvalue weighted by Gasteiger charge is -2.21. The van der Waals surface area contributed by atoms with E-state index in [2.05, 4.69) is 69.4 Å². The number of unbranched alkanes of at least 4 members (excludes halogenated alkanes) is 28. The van der Waals surface area contributed by atoms with Crippen molar-refractivity contribution < 1.29 is 52.2 Å². The number of hydrogen-bond acceptors (Lipinski definition) is 10. The first-order chi connectivity index (χ1) is 34.2. The van der Waals surface area contributed by atoms with Crippen LogP contribution in [0.1, 0.15) is 265 Å². The van der Waals surface area contributed by atoms with Crippen LogP contribution in [0.15, 0.2) is 48.6 Å². The monoisotopic (exact) mass is 1010 g/mol. The fourth-order valence-electron chi connectivity index (χ4n) is 7.83. The minimum atomic E-state index is -4.74. The molecule has 0 aromatic carbocycles. The summed E-state index contributed by atoms with van der Waals surface area (Å²) in [6, 6.07) is 0. The van der Waals surface area contributed by atoms with Crippen molar-refractivity contribution >= 4 is 25.7 Å². The SMILES string of the molecule is CCCCC/C=C\C/C=C\C/C=C\CCCCCCCCC(=O)OCC(COP(=O)(O)OCC(CO)OC(=O)CCCCCCCCCCCCC)OC(=O)CCCCCCC/C=C\CCCCCC. The van der Waals surface area contributed by atoms with Gasteiger partial charge in [-0.1, -0.05) is 211 Å². The third-order valence-electron chi connectivity index (χ3n) is 12.2. The molecule has 0 spiro atoms. The van der Waals surface area contributed by atoms with Crippen molar-refractivity contribution in [2.75, 3.05) is 26.4 Å². The lowest BCUT2D eigenvalue weighted by atomic mass is 10.1. The Bertz CT molecular complexity index is 1360. The van der Waals surface area contributed by atoms with Gasteiger partial charge in [-0.15, -0.1) is 0 Å². The Balaban J connectivity index is 4.72. The Morgan fingerprint density at radius 1 is 0.400 bits per heavy atom. The molecule has 12 heteroatoms. The summed E-state index contributed by atoms with van der Waals surface area (Å²) in [4.78, 5) is 48.4. The normalized spacial score (nSPS) is 13.7. The fraction of sp³-hybridized carbons (Fsp3) is 0.810. The van der Waals surface area contributed by atoms with Gasteiger partial charge in [0.15, 0.2) is 6.10 Å². The van der Waals surface area contributed by atoms with E-state index in [0.717, 1.165) is 109 Å². The second-order valence-electron chi connectivity index (χ2n) is 19.1. The average molecular weight is 1010 g/mol. The summed E-state index contributed by atoms with van der Waals surface area (Å²) in [5, 5.41) is 9.78. The van der Waals surface area contributed by atoms with Gasteiger partial charge < -0.3 is 24.2 Å². The number of rotatable bonds is 53. The first-order valence-corrected chi connectivity index (χ1v) is 30.0. The molecule has 0 fully saturated rings. The lowest BCUT2D eigenvalue weighted by Crippen LogP contribution is -2.30. The van der Waals surface area contributed by atoms with Crippen molar-refractivity contribution in [3.63, 3.8) is 0 Å². The number of esters is 3. The van der Waals surface area contributed by atoms with Crippen LogP contribution >= 0.6 is 7.82 Å². The molecule has 0 aromatic rings. The van der Waals surface area contributed by atoms with Gasteiger partial charge in [0.05, 0.1) is 19.8 Å². The van der Waals surface area contributed by atoms with E-state index in [0.29, 0.717) is 19.3 Å². The number of carbonyl (C=O) groups is 3. The molecule has 70 heavy (non-hydrogen) atoms. The highest BCUT2D eigenvalue weighted by atomic mass is 31.2. The van der Waals surface area contributed by atoms with Gasteiger partial charge in [-0.2, -0.15) is 0 Å². The van der Waals surface area contributed by atoms with Crippen molar-refractivity contribution in [1.82, 2.24) is 0 Å². The molecule has 3 atom stereocenters. The Morgan fingerprint density at radius 2 is 0.700 bits per heavy atom. The van der Waals surface area contributed by atoms with Crippen LogP contribution in [0.3, 0.4) is 0 Å². The zero-order valence-electron chi connectivity index (χ0n) is 45.0. The zero-order chi connectivity index (χ0) is 51.3. The molecule has 11 nitrogen and oxygen atoms in total. The maximum Gasteiger partial charge on any atom is 0.472 e. The molecule has 0 heterocycles. The van der Waals surface area contributed by atoms with E-state index in [9.17, 15) is 28.9 Å². The third kappa shape index (κ3) is 50.4. The number of allylic oxidation sites excluding steroid dienone is 8. The van der Waals surface area contributed by atoms with Crippen LogP contribution < -0.4 is 0 Å². The summed E-state index contributed by atoms with van der Waals surface area (Å²) in [5.74, 6) is -1.48. The quantitative estimate of drug-likeness (QED) is 0.0197. The number of carbonyl (C=O) groups excluding carboxylic acids is 3. The average Bonchev–Trinajstić information content (AvgIpc) is 3.35. The predicted molar refractivity (Wildman–Crippen MR) is 289 cm³/mol. The number of phosphoric ester groups is 1. The van der Waals surface area contributed by atoms with E-state index in [1.54, 1.807) is 0 Å². The zero-order valence-corrected chi connectivity index (χ0v) is 45.9. The van der Waals surface area contributed by atoms with Crippen LogP contribution in [0.5, 0.6) is 0 Å². The molecule has 0 amide bonds. The molecule has 0 radical (unpaired) electrons. The van der Waals surface area contributed by atoms with Crippen molar-refractivity contribution in [2.24, 2.45) is 0 Å². The Labute approximate surface area is 428 Å². The molecule has 0 saturated carbocycles. The van der Waals surface area contributed by atoms with Gasteiger partial charge in [0.25, 0.3) is 0 Å². The number of hydrogen-bond donors (Lipinski definition) is 2. The second kappa shape index (κ2) is 52.8. The number of ether oxygens (including phenoxy) is 3. The summed E-state index contributed by atoms with van der Waals surface area (Å²) in [5.41, 5.74) is 0. The van der Waals surface area contributed by atoms with Gasteiger partial charge in [0.2, 0.25) is 0 Å². The molecule has 0 saturated heterocycles. The molecule has 0 aliphatic carbocycles. The number of aliphatic hydroxyl groups is 1. The van der Waals surface area contributed by atoms with Gasteiger partial charge in [0, 0.05) is 19.3 Å². The third-order valence-corrected chi connectivity index (χ3v) is 13.2. The molecule has 0 bridgehead atoms. The molecule has 0 rings (SSSR count). The molecular weight excluding hydrogens is 904 g/mol. The van der Waals surface area contributed by atoms with Crippen molar-refractivity contribution in [3.05, 3.63) is 48.6 Å². The number of aliphatic hydroxyl groups excluding tert-OH is 1. The molecule has 408 valence electrons. The van der Waals surface area contributed by atoms with Crippen molar-refractivity contribution in [2.45, 2.75) is 277 Å². The summed E-state index contributed by atoms with van der Waals surface area (Å²) >= 11 is 0. The highest BCUT2D eigenvalue weighted by Gasteiger charge is 2.28. The minimum absolute atomic E-state index is 0.156. The van der Waals surface area contributed by atoms with Crippen molar-refractivity contribution in [1.29, 1.82) is 0 Å². The Morgan fingerprint density at radius 3 is 1.13 bits per heavy atom. The van der Waals surface area contributed by atoms with Crippen molar-refractivity contribution in [3.8, 4) is 0 Å². The van der Waals surface area contributed by atoms with Gasteiger partial charge in [-0.3, -0.25) is 23.4 Å². The van der Waals surface area contributed by atoms with E-state index >= 15 is 0 Å². The van der Waals surface area contributed by atoms with Crippen LogP contribution in [0.2, 0.25) is 0 Å². The smallest absolute Gasteiger partial charge is 0.462 e. The van der Waals surface area contributed by atoms with Gasteiger partial charge in [-0.05, 0) is 83.5 Å². The molecular formula is C58H105O11P. The van der Waals surface area contributed by atoms with E-state index in [-0.39, 0.29) is 25.9 Å². The summed E-state index contributed by atoms with van der Waals surface area (Å²) in [6.07, 6.45) is 55.0. The molecule has 0 aliphatic heterocycles. The highest BCUT2D eigenvalue weighted by molar-refractivity contribution is 7.47. The van der Waals surface area contributed by atoms with E-state index in [1.165, 1.54) is 96.3 Å². The van der Waals surface area contributed by atoms with Crippen LogP contribution in [0.4, 0.5) is 0 Å². The van der Waals surface area contributed by atoms with Gasteiger partial charge in [-0.25, -0.2) is 4.57 Å². The van der Waals surface area contributed by atoms with Gasteiger partial charge in [0.1, 0.15) is 12.7 Å². The van der Waals surface area contributed by atoms with E-state index < -0.39 is 57.8 Å². The maximum absolute atomic E-state index is 12.9. The lowest BCUT2D eigenvalue weighted by molar-refractivity contribution is -0.161. The highest BCUT2D eigenvalue weighted by Crippen LogP contribution is 2.43. The van der Waals surface area contributed by atoms with E-state index in [1.807, 2.05) is 0 Å². The summed E-state index contributed by atoms with van der Waals surface area (Å²) in [6.45, 7) is 4.59. The summed E-state index contributed by atoms with van der Waals surface area (Å²) in [7, 11) is -4.74. The maximum atomic E-state index is 12.9. The molecule has 0 aliphatic rings. The molecule has 2 N–H and O–H groups in total. The van der Waals surface area contributed by atoms with Crippen LogP contribution in [-0.4, -0.2) is 66.5 Å². The summed E-state index contributed by atoms with van der Waals surface area (Å²) < 4.78 is 39.4. The first kappa shape index (κ1) is 67.4. The van der Waals surface area contributed by atoms with Crippen LogP contribution in [-0.2, 0) is 42.2 Å². The first-order valence-electron chi connectivity index (χ1n) is 28.5. The van der Waals surface area contributed by atoms with E-state index in [4.69, 9.17) is 23.3 Å².